The summed E-state index contributed by atoms with van der Waals surface area (Å²) in [5.74, 6) is 0.736. The van der Waals surface area contributed by atoms with Crippen molar-refractivity contribution in [2.24, 2.45) is 0 Å². The molecule has 190 valence electrons. The van der Waals surface area contributed by atoms with E-state index in [9.17, 15) is 0 Å². The Morgan fingerprint density at radius 2 is 1.30 bits per heavy atom. The molecule has 0 atom stereocenters. The minimum absolute atomic E-state index is 0.115. The van der Waals surface area contributed by atoms with Gasteiger partial charge in [0, 0.05) is 45.4 Å². The molecule has 7 aromatic rings. The Morgan fingerprint density at radius 3 is 2.15 bits per heavy atom. The summed E-state index contributed by atoms with van der Waals surface area (Å²) in [5, 5.41) is 2.56. The minimum atomic E-state index is -0.115. The number of nitrogens with zero attached hydrogens (tertiary/aromatic N) is 3. The molecule has 3 heteroatoms. The molecule has 0 fully saturated rings. The molecule has 40 heavy (non-hydrogen) atoms. The second-order valence-electron chi connectivity index (χ2n) is 11.1. The highest BCUT2D eigenvalue weighted by Crippen LogP contribution is 2.52. The Morgan fingerprint density at radius 1 is 0.575 bits per heavy atom. The fourth-order valence-corrected chi connectivity index (χ4v) is 6.62. The molecule has 0 bridgehead atoms. The van der Waals surface area contributed by atoms with Crippen molar-refractivity contribution in [3.63, 3.8) is 0 Å². The molecule has 0 N–H and O–H groups in total. The van der Waals surface area contributed by atoms with E-state index in [1.54, 1.807) is 0 Å². The predicted octanol–water partition coefficient (Wildman–Crippen LogP) is 9.21. The molecule has 5 aromatic carbocycles. The highest BCUT2D eigenvalue weighted by molar-refractivity contribution is 6.13. The molecule has 3 nitrogen and oxygen atoms in total. The fraction of sp³-hybridized carbons (Fsp3) is 0.0811. The largest absolute Gasteiger partial charge is 0.309 e. The normalized spacial score (nSPS) is 13.4. The zero-order chi connectivity index (χ0) is 26.8. The maximum atomic E-state index is 4.69. The Labute approximate surface area is 233 Å². The lowest BCUT2D eigenvalue weighted by Crippen LogP contribution is -2.16. The van der Waals surface area contributed by atoms with Crippen molar-refractivity contribution in [3.05, 3.63) is 139 Å². The second-order valence-corrected chi connectivity index (χ2v) is 11.1. The maximum absolute atomic E-state index is 4.69. The summed E-state index contributed by atoms with van der Waals surface area (Å²) >= 11 is 0. The highest BCUT2D eigenvalue weighted by Gasteiger charge is 2.38. The van der Waals surface area contributed by atoms with Crippen LogP contribution in [0.5, 0.6) is 0 Å². The van der Waals surface area contributed by atoms with Crippen LogP contribution in [0.2, 0.25) is 0 Å². The molecule has 0 amide bonds. The van der Waals surface area contributed by atoms with Gasteiger partial charge in [-0.15, -0.1) is 0 Å². The molecule has 2 heterocycles. The fourth-order valence-electron chi connectivity index (χ4n) is 6.62. The van der Waals surface area contributed by atoms with Gasteiger partial charge < -0.3 is 4.57 Å². The Balaban J connectivity index is 1.35. The first kappa shape index (κ1) is 22.9. The molecule has 2 aromatic heterocycles. The van der Waals surface area contributed by atoms with Gasteiger partial charge in [-0.2, -0.15) is 0 Å². The lowest BCUT2D eigenvalue weighted by molar-refractivity contribution is 0.664. The lowest BCUT2D eigenvalue weighted by atomic mass is 9.81. The summed E-state index contributed by atoms with van der Waals surface area (Å²) in [6, 6.07) is 41.1. The molecule has 8 rings (SSSR count). The number of benzene rings is 5. The van der Waals surface area contributed by atoms with E-state index in [2.05, 4.69) is 113 Å². The number of fused-ring (bicyclic) bond motifs is 7. The van der Waals surface area contributed by atoms with Crippen molar-refractivity contribution >= 4 is 21.8 Å². The maximum Gasteiger partial charge on any atom is 0.159 e. The van der Waals surface area contributed by atoms with Crippen molar-refractivity contribution in [2.75, 3.05) is 0 Å². The number of para-hydroxylation sites is 1. The van der Waals surface area contributed by atoms with Gasteiger partial charge in [0.05, 0.1) is 11.0 Å². The summed E-state index contributed by atoms with van der Waals surface area (Å²) in [4.78, 5) is 9.38. The van der Waals surface area contributed by atoms with Gasteiger partial charge in [0.15, 0.2) is 5.82 Å². The average Bonchev–Trinajstić information content (AvgIpc) is 3.47. The molecule has 1 aliphatic carbocycles. The van der Waals surface area contributed by atoms with E-state index >= 15 is 0 Å². The quantitative estimate of drug-likeness (QED) is 0.236. The molecule has 0 unspecified atom stereocenters. The monoisotopic (exact) mass is 513 g/mol. The first-order valence-electron chi connectivity index (χ1n) is 13.8. The third-order valence-corrected chi connectivity index (χ3v) is 8.47. The first-order chi connectivity index (χ1) is 19.6. The van der Waals surface area contributed by atoms with Crippen molar-refractivity contribution in [2.45, 2.75) is 19.3 Å². The van der Waals surface area contributed by atoms with E-state index in [1.807, 2.05) is 42.7 Å². The Bertz CT molecular complexity index is 2070. The molecular weight excluding hydrogens is 486 g/mol. The minimum Gasteiger partial charge on any atom is -0.309 e. The van der Waals surface area contributed by atoms with Gasteiger partial charge in [-0.1, -0.05) is 111 Å². The van der Waals surface area contributed by atoms with Crippen LogP contribution < -0.4 is 0 Å². The zero-order valence-corrected chi connectivity index (χ0v) is 22.5. The summed E-state index contributed by atoms with van der Waals surface area (Å²) < 4.78 is 2.46. The van der Waals surface area contributed by atoms with E-state index in [-0.39, 0.29) is 5.41 Å². The number of hydrogen-bond donors (Lipinski definition) is 0. The van der Waals surface area contributed by atoms with Crippen LogP contribution in [0.3, 0.4) is 0 Å². The van der Waals surface area contributed by atoms with Crippen molar-refractivity contribution in [3.8, 4) is 39.3 Å². The highest BCUT2D eigenvalue weighted by atomic mass is 15.0. The third-order valence-electron chi connectivity index (χ3n) is 8.47. The van der Waals surface area contributed by atoms with E-state index in [0.717, 1.165) is 28.2 Å². The van der Waals surface area contributed by atoms with Gasteiger partial charge in [0.25, 0.3) is 0 Å². The van der Waals surface area contributed by atoms with Crippen LogP contribution in [0.25, 0.3) is 61.1 Å². The van der Waals surface area contributed by atoms with Crippen LogP contribution in [-0.4, -0.2) is 14.5 Å². The van der Waals surface area contributed by atoms with E-state index in [1.165, 1.54) is 44.1 Å². The Kier molecular flexibility index (Phi) is 4.86. The van der Waals surface area contributed by atoms with Gasteiger partial charge in [0.2, 0.25) is 0 Å². The van der Waals surface area contributed by atoms with Crippen molar-refractivity contribution < 1.29 is 0 Å². The van der Waals surface area contributed by atoms with E-state index in [4.69, 9.17) is 0 Å². The van der Waals surface area contributed by atoms with Crippen LogP contribution in [0.1, 0.15) is 25.0 Å². The first-order valence-corrected chi connectivity index (χ1v) is 13.8. The zero-order valence-electron chi connectivity index (χ0n) is 22.5. The summed E-state index contributed by atoms with van der Waals surface area (Å²) in [5.41, 5.74) is 12.1. The summed E-state index contributed by atoms with van der Waals surface area (Å²) in [6.07, 6.45) is 3.86. The summed E-state index contributed by atoms with van der Waals surface area (Å²) in [7, 11) is 0. The van der Waals surface area contributed by atoms with Crippen LogP contribution >= 0.6 is 0 Å². The van der Waals surface area contributed by atoms with Gasteiger partial charge in [0.1, 0.15) is 0 Å². The molecule has 0 saturated heterocycles. The summed E-state index contributed by atoms with van der Waals surface area (Å²) in [6.45, 7) is 4.72. The van der Waals surface area contributed by atoms with Gasteiger partial charge in [-0.05, 0) is 46.0 Å². The average molecular weight is 514 g/mol. The smallest absolute Gasteiger partial charge is 0.159 e. The predicted molar refractivity (Wildman–Crippen MR) is 165 cm³/mol. The standard InChI is InChI=1S/C37H27N3/c1-37(2)32-17-8-6-15-28(32)30-19-20-31-29-16-7-9-18-33(29)40(35(31)34(30)37)27-14-10-13-25(21-27)26-22-38-36(39-23-26)24-11-4-3-5-12-24/h3-23H,1-2H3. The molecular formula is C37H27N3. The van der Waals surface area contributed by atoms with Crippen molar-refractivity contribution in [1.29, 1.82) is 0 Å². The third kappa shape index (κ3) is 3.24. The second kappa shape index (κ2) is 8.49. The van der Waals surface area contributed by atoms with Gasteiger partial charge in [-0.25, -0.2) is 9.97 Å². The number of rotatable bonds is 3. The van der Waals surface area contributed by atoms with Crippen molar-refractivity contribution in [1.82, 2.24) is 14.5 Å². The van der Waals surface area contributed by atoms with E-state index in [0.29, 0.717) is 0 Å². The Hall–Kier alpha value is -5.02. The molecule has 1 aliphatic rings. The molecule has 0 spiro atoms. The van der Waals surface area contributed by atoms with Gasteiger partial charge >= 0.3 is 0 Å². The molecule has 0 radical (unpaired) electrons. The lowest BCUT2D eigenvalue weighted by Gasteiger charge is -2.23. The van der Waals surface area contributed by atoms with Crippen LogP contribution in [0, 0.1) is 0 Å². The van der Waals surface area contributed by atoms with Crippen LogP contribution in [0.15, 0.2) is 128 Å². The number of hydrogen-bond acceptors (Lipinski definition) is 2. The molecule has 0 saturated carbocycles. The SMILES string of the molecule is CC1(C)c2ccccc2-c2ccc3c4ccccc4n(-c4cccc(-c5cnc(-c6ccccc6)nc5)c4)c3c21. The van der Waals surface area contributed by atoms with Gasteiger partial charge in [-0.3, -0.25) is 0 Å². The van der Waals surface area contributed by atoms with Crippen LogP contribution in [-0.2, 0) is 5.41 Å². The topological polar surface area (TPSA) is 30.7 Å². The van der Waals surface area contributed by atoms with Crippen LogP contribution in [0.4, 0.5) is 0 Å². The number of aromatic nitrogens is 3. The van der Waals surface area contributed by atoms with E-state index < -0.39 is 0 Å². The molecule has 0 aliphatic heterocycles.